The van der Waals surface area contributed by atoms with Crippen LogP contribution in [0.3, 0.4) is 0 Å². The van der Waals surface area contributed by atoms with Crippen molar-refractivity contribution >= 4 is 12.0 Å². The number of nitrogens with one attached hydrogen (secondary N) is 1. The van der Waals surface area contributed by atoms with E-state index in [9.17, 15) is 15.0 Å². The molecule has 2 heterocycles. The van der Waals surface area contributed by atoms with E-state index >= 15 is 0 Å². The van der Waals surface area contributed by atoms with E-state index in [0.717, 1.165) is 6.42 Å². The molecule has 3 rings (SSSR count). The van der Waals surface area contributed by atoms with E-state index < -0.39 is 5.79 Å². The smallest absolute Gasteiger partial charge is 0.255 e. The fourth-order valence-electron chi connectivity index (χ4n) is 3.50. The van der Waals surface area contributed by atoms with Crippen molar-refractivity contribution in [3.63, 3.8) is 0 Å². The largest absolute Gasteiger partial charge is 0.508 e. The summed E-state index contributed by atoms with van der Waals surface area (Å²) in [7, 11) is 0. The Morgan fingerprint density at radius 3 is 2.74 bits per heavy atom. The number of allylic oxidation sites excluding steroid dienone is 1. The van der Waals surface area contributed by atoms with Crippen LogP contribution < -0.4 is 5.32 Å². The van der Waals surface area contributed by atoms with Crippen molar-refractivity contribution in [3.8, 4) is 11.5 Å². The fraction of sp³-hybridized carbons (Fsp3) is 0.476. The van der Waals surface area contributed by atoms with E-state index in [2.05, 4.69) is 5.32 Å². The monoisotopic (exact) mass is 373 g/mol. The van der Waals surface area contributed by atoms with Gasteiger partial charge in [-0.1, -0.05) is 24.3 Å². The lowest BCUT2D eigenvalue weighted by Crippen LogP contribution is -2.32. The molecule has 1 saturated heterocycles. The number of ether oxygens (including phenoxy) is 2. The van der Waals surface area contributed by atoms with E-state index in [0.29, 0.717) is 18.4 Å². The second kappa shape index (κ2) is 7.74. The van der Waals surface area contributed by atoms with Gasteiger partial charge in [-0.25, -0.2) is 0 Å². The molecule has 6 heteroatoms. The molecule has 0 aliphatic carbocycles. The predicted octanol–water partition coefficient (Wildman–Crippen LogP) is 3.49. The summed E-state index contributed by atoms with van der Waals surface area (Å²) >= 11 is 0. The molecule has 2 aliphatic heterocycles. The number of fused-ring (bicyclic) bond motifs is 2. The van der Waals surface area contributed by atoms with Crippen molar-refractivity contribution in [1.29, 1.82) is 0 Å². The lowest BCUT2D eigenvalue weighted by Gasteiger charge is -2.16. The maximum Gasteiger partial charge on any atom is 0.255 e. The van der Waals surface area contributed by atoms with Crippen molar-refractivity contribution in [2.24, 2.45) is 0 Å². The second-order valence-corrected chi connectivity index (χ2v) is 7.59. The number of carbonyl (C=O) groups is 1. The Hall–Kier alpha value is -2.31. The Morgan fingerprint density at radius 2 is 1.96 bits per heavy atom. The van der Waals surface area contributed by atoms with Crippen molar-refractivity contribution in [1.82, 2.24) is 5.32 Å². The van der Waals surface area contributed by atoms with Crippen molar-refractivity contribution in [2.75, 3.05) is 0 Å². The number of aromatic hydroxyl groups is 2. The van der Waals surface area contributed by atoms with Gasteiger partial charge in [0.2, 0.25) is 0 Å². The summed E-state index contributed by atoms with van der Waals surface area (Å²) in [6, 6.07) is 2.52. The number of phenolic OH excluding ortho intramolecular Hbond substituents is 2. The summed E-state index contributed by atoms with van der Waals surface area (Å²) in [5, 5.41) is 22.9. The van der Waals surface area contributed by atoms with Crippen LogP contribution >= 0.6 is 0 Å². The van der Waals surface area contributed by atoms with Crippen LogP contribution in [0.5, 0.6) is 11.5 Å². The van der Waals surface area contributed by atoms with Gasteiger partial charge >= 0.3 is 0 Å². The van der Waals surface area contributed by atoms with Crippen LogP contribution in [0.25, 0.3) is 6.08 Å². The second-order valence-electron chi connectivity index (χ2n) is 7.59. The molecule has 1 aromatic carbocycles. The zero-order valence-corrected chi connectivity index (χ0v) is 15.9. The van der Waals surface area contributed by atoms with Gasteiger partial charge in [0.15, 0.2) is 5.79 Å². The SMILES string of the molecule is C[C@H]1C/C=C/[C@H]2OC(C)(C)O[C@H]2CC/C=C/c2cc(O)cc(O)c2C(=O)N1. The highest BCUT2D eigenvalue weighted by Gasteiger charge is 2.39. The Bertz CT molecular complexity index is 768. The fourth-order valence-corrected chi connectivity index (χ4v) is 3.50. The summed E-state index contributed by atoms with van der Waals surface area (Å²) in [6.07, 6.45) is 9.58. The number of phenols is 2. The third-order valence-corrected chi connectivity index (χ3v) is 4.69. The molecular formula is C21H27NO5. The summed E-state index contributed by atoms with van der Waals surface area (Å²) in [5.74, 6) is -1.32. The number of rotatable bonds is 0. The highest BCUT2D eigenvalue weighted by atomic mass is 16.7. The summed E-state index contributed by atoms with van der Waals surface area (Å²) < 4.78 is 12.0. The minimum absolute atomic E-state index is 0.0502. The van der Waals surface area contributed by atoms with E-state index in [1.807, 2.05) is 39.0 Å². The first-order valence-electron chi connectivity index (χ1n) is 9.31. The Morgan fingerprint density at radius 1 is 1.19 bits per heavy atom. The molecular weight excluding hydrogens is 346 g/mol. The van der Waals surface area contributed by atoms with Gasteiger partial charge in [-0.2, -0.15) is 0 Å². The summed E-state index contributed by atoms with van der Waals surface area (Å²) in [5.41, 5.74) is 0.640. The highest BCUT2D eigenvalue weighted by Crippen LogP contribution is 2.32. The normalized spacial score (nSPS) is 30.5. The first-order valence-corrected chi connectivity index (χ1v) is 9.31. The molecule has 0 saturated carbocycles. The standard InChI is InChI=1S/C21H27NO5/c1-13-7-6-10-18-17(26-21(2,3)27-18)9-5-4-8-14-11-15(23)12-16(24)19(14)20(25)22-13/h4,6,8,10-13,17-18,23-24H,5,7,9H2,1-3H3,(H,22,25)/b8-4+,10-6+/t13-,17-,18+/m0/s1. The molecule has 27 heavy (non-hydrogen) atoms. The van der Waals surface area contributed by atoms with Gasteiger partial charge < -0.3 is 25.0 Å². The van der Waals surface area contributed by atoms with Gasteiger partial charge in [0.1, 0.15) is 17.6 Å². The molecule has 1 amide bonds. The summed E-state index contributed by atoms with van der Waals surface area (Å²) in [6.45, 7) is 5.71. The minimum Gasteiger partial charge on any atom is -0.508 e. The third kappa shape index (κ3) is 4.70. The maximum absolute atomic E-state index is 12.6. The topological polar surface area (TPSA) is 88.0 Å². The highest BCUT2D eigenvalue weighted by molar-refractivity contribution is 6.00. The van der Waals surface area contributed by atoms with Crippen LogP contribution in [-0.2, 0) is 9.47 Å². The number of benzene rings is 1. The average Bonchev–Trinajstić information content (AvgIpc) is 2.84. The number of hydrogen-bond acceptors (Lipinski definition) is 5. The lowest BCUT2D eigenvalue weighted by molar-refractivity contribution is -0.143. The first-order chi connectivity index (χ1) is 12.7. The Kier molecular flexibility index (Phi) is 5.58. The van der Waals surface area contributed by atoms with Crippen LogP contribution in [0.2, 0.25) is 0 Å². The van der Waals surface area contributed by atoms with Crippen LogP contribution in [0.1, 0.15) is 56.0 Å². The van der Waals surface area contributed by atoms with E-state index in [1.54, 1.807) is 6.08 Å². The number of amides is 1. The van der Waals surface area contributed by atoms with Crippen molar-refractivity contribution < 1.29 is 24.5 Å². The molecule has 2 aliphatic rings. The Balaban J connectivity index is 1.90. The van der Waals surface area contributed by atoms with Gasteiger partial charge in [0.05, 0.1) is 11.7 Å². The quantitative estimate of drug-likeness (QED) is 0.606. The molecule has 3 N–H and O–H groups in total. The molecule has 0 spiro atoms. The summed E-state index contributed by atoms with van der Waals surface area (Å²) in [4.78, 5) is 12.6. The van der Waals surface area contributed by atoms with Crippen molar-refractivity contribution in [3.05, 3.63) is 41.5 Å². The average molecular weight is 373 g/mol. The van der Waals surface area contributed by atoms with Crippen LogP contribution in [-0.4, -0.2) is 40.2 Å². The zero-order valence-electron chi connectivity index (χ0n) is 15.9. The molecule has 0 aromatic heterocycles. The third-order valence-electron chi connectivity index (χ3n) is 4.69. The molecule has 0 radical (unpaired) electrons. The molecule has 3 atom stereocenters. The number of carbonyl (C=O) groups excluding carboxylic acids is 1. The van der Waals surface area contributed by atoms with Gasteiger partial charge in [-0.15, -0.1) is 0 Å². The van der Waals surface area contributed by atoms with Crippen LogP contribution in [0.15, 0.2) is 30.4 Å². The van der Waals surface area contributed by atoms with Crippen LogP contribution in [0.4, 0.5) is 0 Å². The first kappa shape index (κ1) is 19.5. The molecule has 146 valence electrons. The van der Waals surface area contributed by atoms with Gasteiger partial charge in [0.25, 0.3) is 5.91 Å². The molecule has 0 unspecified atom stereocenters. The Labute approximate surface area is 159 Å². The van der Waals surface area contributed by atoms with Gasteiger partial charge in [-0.3, -0.25) is 4.79 Å². The zero-order chi connectivity index (χ0) is 19.6. The van der Waals surface area contributed by atoms with Crippen molar-refractivity contribution in [2.45, 2.75) is 64.1 Å². The molecule has 1 aromatic rings. The lowest BCUT2D eigenvalue weighted by atomic mass is 10.0. The predicted molar refractivity (Wildman–Crippen MR) is 103 cm³/mol. The van der Waals surface area contributed by atoms with Crippen LogP contribution in [0, 0.1) is 0 Å². The van der Waals surface area contributed by atoms with E-state index in [-0.39, 0.29) is 41.2 Å². The van der Waals surface area contributed by atoms with E-state index in [4.69, 9.17) is 9.47 Å². The molecule has 6 nitrogen and oxygen atoms in total. The van der Waals surface area contributed by atoms with Gasteiger partial charge in [-0.05, 0) is 51.7 Å². The molecule has 0 bridgehead atoms. The minimum atomic E-state index is -0.624. The van der Waals surface area contributed by atoms with Gasteiger partial charge in [0, 0.05) is 12.1 Å². The van der Waals surface area contributed by atoms with E-state index in [1.165, 1.54) is 12.1 Å². The number of hydrogen-bond donors (Lipinski definition) is 3. The molecule has 1 fully saturated rings. The maximum atomic E-state index is 12.6.